The Bertz CT molecular complexity index is 595. The van der Waals surface area contributed by atoms with E-state index >= 15 is 0 Å². The molecule has 1 aromatic heterocycles. The Kier molecular flexibility index (Phi) is 4.20. The van der Waals surface area contributed by atoms with E-state index in [2.05, 4.69) is 27.6 Å². The van der Waals surface area contributed by atoms with Gasteiger partial charge in [-0.2, -0.15) is 0 Å². The number of aromatic nitrogens is 3. The van der Waals surface area contributed by atoms with Crippen molar-refractivity contribution >= 4 is 5.69 Å². The van der Waals surface area contributed by atoms with Crippen LogP contribution in [0.2, 0.25) is 0 Å². The molecule has 2 atom stereocenters. The standard InChI is InChI=1S/C16H22N4O/c1-20-11-17-19-16(20)12-7-3-4-8-13(12)18-14-9-5-6-10-15(14)21-2/h3-4,7-8,11,14-15,18H,5-6,9-10H2,1-2H3. The summed E-state index contributed by atoms with van der Waals surface area (Å²) in [4.78, 5) is 0. The molecule has 1 saturated carbocycles. The number of para-hydroxylation sites is 1. The Morgan fingerprint density at radius 2 is 2.05 bits per heavy atom. The van der Waals surface area contributed by atoms with Crippen LogP contribution in [0, 0.1) is 0 Å². The molecule has 0 amide bonds. The first kappa shape index (κ1) is 14.1. The summed E-state index contributed by atoms with van der Waals surface area (Å²) in [7, 11) is 3.77. The lowest BCUT2D eigenvalue weighted by Gasteiger charge is -2.32. The normalized spacial score (nSPS) is 22.2. The number of nitrogens with zero attached hydrogens (tertiary/aromatic N) is 3. The molecular formula is C16H22N4O. The first-order valence-electron chi connectivity index (χ1n) is 7.52. The van der Waals surface area contributed by atoms with E-state index in [1.165, 1.54) is 12.8 Å². The smallest absolute Gasteiger partial charge is 0.165 e. The SMILES string of the molecule is COC1CCCCC1Nc1ccccc1-c1nncn1C. The summed E-state index contributed by atoms with van der Waals surface area (Å²) in [6, 6.07) is 8.62. The van der Waals surface area contributed by atoms with Gasteiger partial charge >= 0.3 is 0 Å². The van der Waals surface area contributed by atoms with Crippen molar-refractivity contribution in [2.45, 2.75) is 37.8 Å². The van der Waals surface area contributed by atoms with E-state index in [0.717, 1.165) is 29.9 Å². The minimum Gasteiger partial charge on any atom is -0.379 e. The molecule has 1 aliphatic rings. The zero-order valence-electron chi connectivity index (χ0n) is 12.6. The lowest BCUT2D eigenvalue weighted by Crippen LogP contribution is -2.37. The molecule has 112 valence electrons. The van der Waals surface area contributed by atoms with Crippen LogP contribution in [0.1, 0.15) is 25.7 Å². The van der Waals surface area contributed by atoms with Gasteiger partial charge in [-0.3, -0.25) is 0 Å². The number of nitrogens with one attached hydrogen (secondary N) is 1. The molecule has 3 rings (SSSR count). The molecule has 5 heteroatoms. The van der Waals surface area contributed by atoms with Crippen LogP contribution in [0.25, 0.3) is 11.4 Å². The first-order valence-corrected chi connectivity index (χ1v) is 7.52. The summed E-state index contributed by atoms with van der Waals surface area (Å²) >= 11 is 0. The summed E-state index contributed by atoms with van der Waals surface area (Å²) in [6.45, 7) is 0. The van der Waals surface area contributed by atoms with Gasteiger partial charge in [-0.25, -0.2) is 0 Å². The minimum atomic E-state index is 0.284. The summed E-state index contributed by atoms with van der Waals surface area (Å²) in [5.41, 5.74) is 2.18. The average Bonchev–Trinajstić information content (AvgIpc) is 2.94. The molecule has 0 radical (unpaired) electrons. The van der Waals surface area contributed by atoms with Crippen molar-refractivity contribution in [1.29, 1.82) is 0 Å². The number of hydrogen-bond donors (Lipinski definition) is 1. The van der Waals surface area contributed by atoms with Crippen molar-refractivity contribution in [3.05, 3.63) is 30.6 Å². The van der Waals surface area contributed by atoms with Gasteiger partial charge in [0.2, 0.25) is 0 Å². The fourth-order valence-electron chi connectivity index (χ4n) is 3.07. The highest BCUT2D eigenvalue weighted by molar-refractivity contribution is 5.73. The molecule has 1 fully saturated rings. The van der Waals surface area contributed by atoms with Crippen LogP contribution in [-0.2, 0) is 11.8 Å². The van der Waals surface area contributed by atoms with Crippen molar-refractivity contribution < 1.29 is 4.74 Å². The van der Waals surface area contributed by atoms with Gasteiger partial charge in [0.05, 0.1) is 12.1 Å². The molecule has 0 saturated heterocycles. The molecule has 0 bridgehead atoms. The number of ether oxygens (including phenoxy) is 1. The van der Waals surface area contributed by atoms with E-state index in [1.807, 2.05) is 23.7 Å². The first-order chi connectivity index (χ1) is 10.3. The summed E-state index contributed by atoms with van der Waals surface area (Å²) < 4.78 is 7.57. The summed E-state index contributed by atoms with van der Waals surface area (Å²) in [5.74, 6) is 0.878. The number of methoxy groups -OCH3 is 1. The van der Waals surface area contributed by atoms with Crippen LogP contribution in [0.5, 0.6) is 0 Å². The lowest BCUT2D eigenvalue weighted by molar-refractivity contribution is 0.0606. The van der Waals surface area contributed by atoms with E-state index in [4.69, 9.17) is 4.74 Å². The zero-order valence-corrected chi connectivity index (χ0v) is 12.6. The van der Waals surface area contributed by atoms with Crippen LogP contribution in [-0.4, -0.2) is 34.0 Å². The Morgan fingerprint density at radius 1 is 1.24 bits per heavy atom. The summed E-state index contributed by atoms with van der Waals surface area (Å²) in [6.07, 6.45) is 6.79. The van der Waals surface area contributed by atoms with Gasteiger partial charge in [0.1, 0.15) is 6.33 Å². The van der Waals surface area contributed by atoms with Gasteiger partial charge < -0.3 is 14.6 Å². The molecule has 2 unspecified atom stereocenters. The quantitative estimate of drug-likeness (QED) is 0.939. The molecule has 2 aromatic rings. The van der Waals surface area contributed by atoms with Gasteiger partial charge in [-0.05, 0) is 25.0 Å². The molecule has 1 aliphatic carbocycles. The second-order valence-electron chi connectivity index (χ2n) is 5.62. The maximum Gasteiger partial charge on any atom is 0.165 e. The molecule has 1 heterocycles. The van der Waals surface area contributed by atoms with Gasteiger partial charge in [0.15, 0.2) is 5.82 Å². The Morgan fingerprint density at radius 3 is 2.81 bits per heavy atom. The Hall–Kier alpha value is -1.88. The van der Waals surface area contributed by atoms with E-state index in [1.54, 1.807) is 13.4 Å². The monoisotopic (exact) mass is 286 g/mol. The summed E-state index contributed by atoms with van der Waals surface area (Å²) in [5, 5.41) is 11.9. The van der Waals surface area contributed by atoms with E-state index in [-0.39, 0.29) is 6.10 Å². The predicted molar refractivity (Wildman–Crippen MR) is 83.1 cm³/mol. The highest BCUT2D eigenvalue weighted by atomic mass is 16.5. The Balaban J connectivity index is 1.87. The molecule has 1 N–H and O–H groups in total. The van der Waals surface area contributed by atoms with Crippen LogP contribution in [0.4, 0.5) is 5.69 Å². The van der Waals surface area contributed by atoms with Gasteiger partial charge in [-0.15, -0.1) is 10.2 Å². The second-order valence-corrected chi connectivity index (χ2v) is 5.62. The fourth-order valence-corrected chi connectivity index (χ4v) is 3.07. The zero-order chi connectivity index (χ0) is 14.7. The maximum atomic E-state index is 5.63. The van der Waals surface area contributed by atoms with Crippen molar-refractivity contribution in [2.75, 3.05) is 12.4 Å². The topological polar surface area (TPSA) is 52.0 Å². The van der Waals surface area contributed by atoms with Crippen molar-refractivity contribution in [3.63, 3.8) is 0 Å². The van der Waals surface area contributed by atoms with Crippen molar-refractivity contribution in [3.8, 4) is 11.4 Å². The molecule has 0 aliphatic heterocycles. The van der Waals surface area contributed by atoms with Gasteiger partial charge in [0.25, 0.3) is 0 Å². The van der Waals surface area contributed by atoms with E-state index in [0.29, 0.717) is 6.04 Å². The fraction of sp³-hybridized carbons (Fsp3) is 0.500. The predicted octanol–water partition coefficient (Wildman–Crippen LogP) is 2.85. The largest absolute Gasteiger partial charge is 0.379 e. The molecule has 5 nitrogen and oxygen atoms in total. The number of rotatable bonds is 4. The molecule has 0 spiro atoms. The second kappa shape index (κ2) is 6.26. The van der Waals surface area contributed by atoms with E-state index < -0.39 is 0 Å². The van der Waals surface area contributed by atoms with Crippen LogP contribution in [0.3, 0.4) is 0 Å². The van der Waals surface area contributed by atoms with E-state index in [9.17, 15) is 0 Å². The van der Waals surface area contributed by atoms with Gasteiger partial charge in [-0.1, -0.05) is 25.0 Å². The Labute approximate surface area is 125 Å². The number of anilines is 1. The molecule has 21 heavy (non-hydrogen) atoms. The third-order valence-electron chi connectivity index (χ3n) is 4.23. The van der Waals surface area contributed by atoms with Crippen LogP contribution < -0.4 is 5.32 Å². The maximum absolute atomic E-state index is 5.63. The highest BCUT2D eigenvalue weighted by Gasteiger charge is 2.25. The molecular weight excluding hydrogens is 264 g/mol. The average molecular weight is 286 g/mol. The highest BCUT2D eigenvalue weighted by Crippen LogP contribution is 2.30. The van der Waals surface area contributed by atoms with Crippen LogP contribution >= 0.6 is 0 Å². The number of hydrogen-bond acceptors (Lipinski definition) is 4. The third kappa shape index (κ3) is 2.93. The van der Waals surface area contributed by atoms with Crippen LogP contribution in [0.15, 0.2) is 30.6 Å². The number of benzene rings is 1. The molecule has 1 aromatic carbocycles. The minimum absolute atomic E-state index is 0.284. The number of aryl methyl sites for hydroxylation is 1. The third-order valence-corrected chi connectivity index (χ3v) is 4.23. The van der Waals surface area contributed by atoms with Crippen molar-refractivity contribution in [2.24, 2.45) is 7.05 Å². The lowest BCUT2D eigenvalue weighted by atomic mass is 9.92. The van der Waals surface area contributed by atoms with Crippen molar-refractivity contribution in [1.82, 2.24) is 14.8 Å². The van der Waals surface area contributed by atoms with Gasteiger partial charge in [0, 0.05) is 25.4 Å².